The first-order valence-electron chi connectivity index (χ1n) is 17.5. The Hall–Kier alpha value is -0.400. The Labute approximate surface area is 267 Å². The predicted octanol–water partition coefficient (Wildman–Crippen LogP) is 1.87. The van der Waals surface area contributed by atoms with E-state index < -0.39 is 64.8 Å². The first-order valence-corrected chi connectivity index (χ1v) is 17.5. The SMILES string of the molecule is CC(C)(O)[C@H]1CC[C@](C)([C@@H]2[C@@H](O)C[C@]3(C)[C@@H]4CC[C@@H]5C(C)(C)[C@@H](O[C@H]6OC[C@H](O)[C@H](O)[C@@H]6O)CC[C@@]56C[C@@]46C[C@@H](O)[C@]23CO)O1. The van der Waals surface area contributed by atoms with E-state index >= 15 is 0 Å². The molecular formula is C35H58O10. The zero-order valence-electron chi connectivity index (χ0n) is 28.0. The molecule has 5 aliphatic carbocycles. The van der Waals surface area contributed by atoms with Crippen molar-refractivity contribution in [3.63, 3.8) is 0 Å². The van der Waals surface area contributed by atoms with E-state index in [1.165, 1.54) is 0 Å². The lowest BCUT2D eigenvalue weighted by Gasteiger charge is -2.65. The largest absolute Gasteiger partial charge is 0.396 e. The van der Waals surface area contributed by atoms with Gasteiger partial charge in [0.2, 0.25) is 0 Å². The van der Waals surface area contributed by atoms with Gasteiger partial charge in [0.25, 0.3) is 0 Å². The number of hydrogen-bond donors (Lipinski definition) is 7. The third-order valence-corrected chi connectivity index (χ3v) is 15.5. The van der Waals surface area contributed by atoms with Gasteiger partial charge >= 0.3 is 0 Å². The van der Waals surface area contributed by atoms with Crippen molar-refractivity contribution in [1.29, 1.82) is 0 Å². The van der Waals surface area contributed by atoms with Crippen molar-refractivity contribution in [2.75, 3.05) is 13.2 Å². The minimum absolute atomic E-state index is 0.0232. The zero-order valence-corrected chi connectivity index (χ0v) is 28.0. The van der Waals surface area contributed by atoms with Crippen LogP contribution in [0.5, 0.6) is 0 Å². The third-order valence-electron chi connectivity index (χ3n) is 15.5. The minimum Gasteiger partial charge on any atom is -0.396 e. The smallest absolute Gasteiger partial charge is 0.186 e. The fourth-order valence-electron chi connectivity index (χ4n) is 13.5. The van der Waals surface area contributed by atoms with Crippen LogP contribution in [-0.4, -0.2) is 109 Å². The van der Waals surface area contributed by atoms with Crippen LogP contribution in [0.3, 0.4) is 0 Å². The second kappa shape index (κ2) is 10.1. The lowest BCUT2D eigenvalue weighted by molar-refractivity contribution is -0.304. The molecule has 2 heterocycles. The molecule has 0 radical (unpaired) electrons. The van der Waals surface area contributed by atoms with Crippen molar-refractivity contribution in [1.82, 2.24) is 0 Å². The fourth-order valence-corrected chi connectivity index (χ4v) is 13.5. The Bertz CT molecular complexity index is 1170. The van der Waals surface area contributed by atoms with Gasteiger partial charge in [0.05, 0.1) is 48.8 Å². The third kappa shape index (κ3) is 4.10. The lowest BCUT2D eigenvalue weighted by Crippen LogP contribution is -2.66. The number of aliphatic hydroxyl groups excluding tert-OH is 6. The minimum atomic E-state index is -1.32. The van der Waals surface area contributed by atoms with E-state index in [1.807, 2.05) is 6.92 Å². The first-order chi connectivity index (χ1) is 20.8. The summed E-state index contributed by atoms with van der Waals surface area (Å²) < 4.78 is 18.6. The molecule has 5 saturated carbocycles. The van der Waals surface area contributed by atoms with E-state index in [1.54, 1.807) is 13.8 Å². The molecule has 7 aliphatic rings. The van der Waals surface area contributed by atoms with Crippen LogP contribution in [-0.2, 0) is 14.2 Å². The standard InChI is InChI=1S/C35H58O10/c1-29(2)20-7-8-21-31(5)13-18(37)27(32(6)11-9-24(45-32)30(3,4)42)35(31,17-36)22(39)14-34(21)16-33(20,34)12-10-23(29)44-28-26(41)25(40)19(38)15-43-28/h18-28,36-42H,7-17H2,1-6H3/t18-,19-,20+,21-,22+,23-,24+,25-,26-,27-,28+,31+,32+,33+,34-,35+/m0/s1. The molecule has 10 heteroatoms. The van der Waals surface area contributed by atoms with Gasteiger partial charge in [0, 0.05) is 11.3 Å². The van der Waals surface area contributed by atoms with Crippen molar-refractivity contribution >= 4 is 0 Å². The highest BCUT2D eigenvalue weighted by atomic mass is 16.7. The van der Waals surface area contributed by atoms with E-state index in [-0.39, 0.29) is 47.6 Å². The highest BCUT2D eigenvalue weighted by Gasteiger charge is 2.86. The number of rotatable bonds is 5. The molecule has 0 aromatic carbocycles. The van der Waals surface area contributed by atoms with Crippen molar-refractivity contribution in [3.05, 3.63) is 0 Å². The molecule has 45 heavy (non-hydrogen) atoms. The first kappa shape index (κ1) is 33.1. The molecule has 0 amide bonds. The van der Waals surface area contributed by atoms with Crippen LogP contribution in [0.25, 0.3) is 0 Å². The second-order valence-electron chi connectivity index (χ2n) is 18.1. The summed E-state index contributed by atoms with van der Waals surface area (Å²) >= 11 is 0. The average molecular weight is 639 g/mol. The molecule has 16 atom stereocenters. The molecule has 2 aliphatic heterocycles. The molecular weight excluding hydrogens is 580 g/mol. The monoisotopic (exact) mass is 638 g/mol. The maximum absolute atomic E-state index is 12.4. The molecule has 258 valence electrons. The number of fused-ring (bicyclic) bond motifs is 2. The van der Waals surface area contributed by atoms with Crippen LogP contribution < -0.4 is 0 Å². The van der Waals surface area contributed by atoms with E-state index in [2.05, 4.69) is 20.8 Å². The van der Waals surface area contributed by atoms with Crippen molar-refractivity contribution < 1.29 is 50.0 Å². The van der Waals surface area contributed by atoms with Crippen LogP contribution in [0.2, 0.25) is 0 Å². The fraction of sp³-hybridized carbons (Fsp3) is 1.00. The van der Waals surface area contributed by atoms with Gasteiger partial charge in [0.15, 0.2) is 6.29 Å². The second-order valence-corrected chi connectivity index (χ2v) is 18.1. The van der Waals surface area contributed by atoms with Gasteiger partial charge in [0.1, 0.15) is 18.3 Å². The van der Waals surface area contributed by atoms with Crippen LogP contribution in [0, 0.1) is 44.8 Å². The quantitative estimate of drug-likeness (QED) is 0.221. The Morgan fingerprint density at radius 3 is 2.16 bits per heavy atom. The molecule has 0 bridgehead atoms. The summed E-state index contributed by atoms with van der Waals surface area (Å²) in [5.74, 6) is 0.0995. The molecule has 2 saturated heterocycles. The molecule has 7 N–H and O–H groups in total. The molecule has 2 spiro atoms. The van der Waals surface area contributed by atoms with E-state index in [0.29, 0.717) is 31.6 Å². The maximum Gasteiger partial charge on any atom is 0.186 e. The summed E-state index contributed by atoms with van der Waals surface area (Å²) in [6, 6.07) is 0. The zero-order chi connectivity index (χ0) is 32.8. The van der Waals surface area contributed by atoms with Gasteiger partial charge in [-0.15, -0.1) is 0 Å². The Kier molecular flexibility index (Phi) is 7.42. The number of ether oxygens (including phenoxy) is 3. The molecule has 7 rings (SSSR count). The molecule has 0 unspecified atom stereocenters. The Balaban J connectivity index is 1.17. The van der Waals surface area contributed by atoms with Crippen molar-refractivity contribution in [2.24, 2.45) is 44.8 Å². The van der Waals surface area contributed by atoms with Crippen LogP contribution in [0.1, 0.15) is 99.3 Å². The summed E-state index contributed by atoms with van der Waals surface area (Å²) in [6.45, 7) is 11.9. The van der Waals surface area contributed by atoms with Gasteiger partial charge in [-0.2, -0.15) is 0 Å². The van der Waals surface area contributed by atoms with E-state index in [4.69, 9.17) is 14.2 Å². The maximum atomic E-state index is 12.4. The summed E-state index contributed by atoms with van der Waals surface area (Å²) in [5, 5.41) is 77.2. The average Bonchev–Trinajstić information content (AvgIpc) is 3.27. The van der Waals surface area contributed by atoms with Gasteiger partial charge in [-0.25, -0.2) is 0 Å². The summed E-state index contributed by atoms with van der Waals surface area (Å²) in [4.78, 5) is 0. The molecule has 0 aromatic rings. The number of hydrogen-bond acceptors (Lipinski definition) is 10. The highest BCUT2D eigenvalue weighted by molar-refractivity contribution is 5.34. The van der Waals surface area contributed by atoms with Crippen LogP contribution >= 0.6 is 0 Å². The molecule has 0 aromatic heterocycles. The topological polar surface area (TPSA) is 169 Å². The normalized spacial score (nSPS) is 58.7. The van der Waals surface area contributed by atoms with Gasteiger partial charge in [-0.05, 0) is 112 Å². The van der Waals surface area contributed by atoms with Crippen molar-refractivity contribution in [2.45, 2.75) is 160 Å². The Morgan fingerprint density at radius 1 is 0.822 bits per heavy atom. The highest BCUT2D eigenvalue weighted by Crippen LogP contribution is 2.89. The summed E-state index contributed by atoms with van der Waals surface area (Å²) in [7, 11) is 0. The summed E-state index contributed by atoms with van der Waals surface area (Å²) in [6.07, 6.45) is 0.117. The lowest BCUT2D eigenvalue weighted by atomic mass is 9.40. The van der Waals surface area contributed by atoms with Crippen LogP contribution in [0.4, 0.5) is 0 Å². The molecule has 10 nitrogen and oxygen atoms in total. The molecule has 7 fully saturated rings. The van der Waals surface area contributed by atoms with Crippen molar-refractivity contribution in [3.8, 4) is 0 Å². The Morgan fingerprint density at radius 2 is 1.51 bits per heavy atom. The van der Waals surface area contributed by atoms with Gasteiger partial charge in [-0.1, -0.05) is 20.8 Å². The van der Waals surface area contributed by atoms with Gasteiger partial charge < -0.3 is 50.0 Å². The van der Waals surface area contributed by atoms with Crippen LogP contribution in [0.15, 0.2) is 0 Å². The van der Waals surface area contributed by atoms with E-state index in [0.717, 1.165) is 32.1 Å². The predicted molar refractivity (Wildman–Crippen MR) is 163 cm³/mol. The summed E-state index contributed by atoms with van der Waals surface area (Å²) in [5.41, 5.74) is -3.54. The number of aliphatic hydroxyl groups is 7. The van der Waals surface area contributed by atoms with Gasteiger partial charge in [-0.3, -0.25) is 0 Å². The van der Waals surface area contributed by atoms with E-state index in [9.17, 15) is 35.7 Å².